The topological polar surface area (TPSA) is 59.5 Å². The largest absolute Gasteiger partial charge is 0.496 e. The maximum atomic E-state index is 14.8. The molecule has 1 fully saturated rings. The maximum absolute atomic E-state index is 14.8. The monoisotopic (exact) mass is 384 g/mol. The second-order valence-electron chi connectivity index (χ2n) is 6.42. The van der Waals surface area contributed by atoms with E-state index in [0.29, 0.717) is 11.3 Å². The highest BCUT2D eigenvalue weighted by Crippen LogP contribution is 2.37. The number of ether oxygens (including phenoxy) is 1. The molecule has 28 heavy (non-hydrogen) atoms. The van der Waals surface area contributed by atoms with Crippen LogP contribution in [0.2, 0.25) is 0 Å². The van der Waals surface area contributed by atoms with Crippen molar-refractivity contribution in [1.82, 2.24) is 9.88 Å². The standard InChI is InChI=1S/C21H18F2N2O3/c1-4-5-12-8-15(23)18(17(9-12)28-3)19-20(26)16(25(2)21(19)27)10-14-7-6-13(22)11-24-14/h6-9,11,16,19H,10H2,1-3H3. The second kappa shape index (κ2) is 7.77. The lowest BCUT2D eigenvalue weighted by Gasteiger charge is -2.17. The lowest BCUT2D eigenvalue weighted by atomic mass is 9.91. The highest BCUT2D eigenvalue weighted by Gasteiger charge is 2.48. The Labute approximate surface area is 161 Å². The number of likely N-dealkylation sites (N-methyl/N-ethyl adjacent to an activating group) is 1. The number of aromatic nitrogens is 1. The van der Waals surface area contributed by atoms with E-state index >= 15 is 0 Å². The molecule has 0 bridgehead atoms. The number of halogens is 2. The summed E-state index contributed by atoms with van der Waals surface area (Å²) < 4.78 is 33.1. The molecular formula is C21H18F2N2O3. The first kappa shape index (κ1) is 19.5. The van der Waals surface area contributed by atoms with Gasteiger partial charge in [0.2, 0.25) is 5.91 Å². The van der Waals surface area contributed by atoms with Gasteiger partial charge < -0.3 is 9.64 Å². The molecule has 0 spiro atoms. The predicted molar refractivity (Wildman–Crippen MR) is 97.7 cm³/mol. The summed E-state index contributed by atoms with van der Waals surface area (Å²) in [6.45, 7) is 1.62. The fourth-order valence-electron chi connectivity index (χ4n) is 3.35. The second-order valence-corrected chi connectivity index (χ2v) is 6.42. The molecule has 1 aromatic carbocycles. The van der Waals surface area contributed by atoms with E-state index < -0.39 is 35.3 Å². The number of nitrogens with zero attached hydrogens (tertiary/aromatic N) is 2. The van der Waals surface area contributed by atoms with Gasteiger partial charge in [-0.2, -0.15) is 0 Å². The number of carbonyl (C=O) groups excluding carboxylic acids is 2. The number of rotatable bonds is 4. The highest BCUT2D eigenvalue weighted by atomic mass is 19.1. The Morgan fingerprint density at radius 1 is 1.25 bits per heavy atom. The highest BCUT2D eigenvalue weighted by molar-refractivity contribution is 6.15. The number of carbonyl (C=O) groups is 2. The number of methoxy groups -OCH3 is 1. The van der Waals surface area contributed by atoms with Crippen LogP contribution in [0.4, 0.5) is 8.78 Å². The first-order chi connectivity index (χ1) is 13.4. The molecule has 2 aromatic rings. The maximum Gasteiger partial charge on any atom is 0.238 e. The SMILES string of the molecule is CC#Cc1cc(F)c(C2C(=O)C(Cc3ccc(F)cn3)N(C)C2=O)c(OC)c1. The molecule has 0 aliphatic carbocycles. The zero-order valence-electron chi connectivity index (χ0n) is 15.6. The normalized spacial score (nSPS) is 18.8. The van der Waals surface area contributed by atoms with Crippen LogP contribution in [0.25, 0.3) is 0 Å². The summed E-state index contributed by atoms with van der Waals surface area (Å²) in [5, 5.41) is 0. The molecule has 2 unspecified atom stereocenters. The average molecular weight is 384 g/mol. The van der Waals surface area contributed by atoms with Crippen LogP contribution in [0.5, 0.6) is 5.75 Å². The van der Waals surface area contributed by atoms with Crippen molar-refractivity contribution in [2.45, 2.75) is 25.3 Å². The van der Waals surface area contributed by atoms with E-state index in [1.54, 1.807) is 6.92 Å². The number of hydrogen-bond acceptors (Lipinski definition) is 4. The van der Waals surface area contributed by atoms with E-state index in [-0.39, 0.29) is 17.7 Å². The molecule has 2 atom stereocenters. The van der Waals surface area contributed by atoms with Gasteiger partial charge in [-0.25, -0.2) is 8.78 Å². The molecular weight excluding hydrogens is 366 g/mol. The van der Waals surface area contributed by atoms with Gasteiger partial charge in [-0.1, -0.05) is 5.92 Å². The lowest BCUT2D eigenvalue weighted by Crippen LogP contribution is -2.33. The third kappa shape index (κ3) is 3.46. The van der Waals surface area contributed by atoms with Crippen LogP contribution in [0, 0.1) is 23.5 Å². The van der Waals surface area contributed by atoms with E-state index in [1.807, 2.05) is 0 Å². The Hall–Kier alpha value is -3.27. The number of Topliss-reactive ketones (excluding diaryl/α,β-unsaturated/α-hetero) is 1. The Kier molecular flexibility index (Phi) is 5.41. The third-order valence-corrected chi connectivity index (χ3v) is 4.74. The van der Waals surface area contributed by atoms with Crippen LogP contribution < -0.4 is 4.74 Å². The van der Waals surface area contributed by atoms with Gasteiger partial charge in [0.25, 0.3) is 0 Å². The Balaban J connectivity index is 1.98. The first-order valence-electron chi connectivity index (χ1n) is 8.58. The number of benzene rings is 1. The van der Waals surface area contributed by atoms with E-state index in [0.717, 1.165) is 6.20 Å². The number of hydrogen-bond donors (Lipinski definition) is 0. The molecule has 1 aliphatic rings. The van der Waals surface area contributed by atoms with Crippen molar-refractivity contribution in [3.63, 3.8) is 0 Å². The fourth-order valence-corrected chi connectivity index (χ4v) is 3.35. The van der Waals surface area contributed by atoms with Gasteiger partial charge in [0.15, 0.2) is 5.78 Å². The van der Waals surface area contributed by atoms with Crippen LogP contribution in [0.3, 0.4) is 0 Å². The zero-order valence-corrected chi connectivity index (χ0v) is 15.6. The van der Waals surface area contributed by atoms with E-state index in [2.05, 4.69) is 16.8 Å². The van der Waals surface area contributed by atoms with Crippen molar-refractivity contribution in [3.8, 4) is 17.6 Å². The average Bonchev–Trinajstić information content (AvgIpc) is 2.87. The molecule has 7 heteroatoms. The van der Waals surface area contributed by atoms with Crippen LogP contribution in [-0.4, -0.2) is 41.8 Å². The van der Waals surface area contributed by atoms with Gasteiger partial charge in [-0.05, 0) is 31.2 Å². The lowest BCUT2D eigenvalue weighted by molar-refractivity contribution is -0.129. The van der Waals surface area contributed by atoms with Gasteiger partial charge >= 0.3 is 0 Å². The molecule has 5 nitrogen and oxygen atoms in total. The van der Waals surface area contributed by atoms with Crippen LogP contribution >= 0.6 is 0 Å². The first-order valence-corrected chi connectivity index (χ1v) is 8.58. The van der Waals surface area contributed by atoms with E-state index in [1.165, 1.54) is 43.3 Å². The van der Waals surface area contributed by atoms with E-state index in [9.17, 15) is 18.4 Å². The summed E-state index contributed by atoms with van der Waals surface area (Å²) in [7, 11) is 2.82. The van der Waals surface area contributed by atoms with Crippen LogP contribution in [0.15, 0.2) is 30.5 Å². The van der Waals surface area contributed by atoms with Crippen molar-refractivity contribution >= 4 is 11.7 Å². The Morgan fingerprint density at radius 2 is 2.00 bits per heavy atom. The summed E-state index contributed by atoms with van der Waals surface area (Å²) >= 11 is 0. The van der Waals surface area contributed by atoms with Crippen molar-refractivity contribution in [1.29, 1.82) is 0 Å². The van der Waals surface area contributed by atoms with Crippen molar-refractivity contribution in [2.75, 3.05) is 14.2 Å². The van der Waals surface area contributed by atoms with Gasteiger partial charge in [0.05, 0.1) is 19.3 Å². The minimum Gasteiger partial charge on any atom is -0.496 e. The van der Waals surface area contributed by atoms with Gasteiger partial charge in [0.1, 0.15) is 23.3 Å². The fraction of sp³-hybridized carbons (Fsp3) is 0.286. The van der Waals surface area contributed by atoms with Crippen LogP contribution in [0.1, 0.15) is 29.7 Å². The molecule has 0 N–H and O–H groups in total. The summed E-state index contributed by atoms with van der Waals surface area (Å²) in [5.74, 6) is 1.98. The number of likely N-dealkylation sites (tertiary alicyclic amines) is 1. The summed E-state index contributed by atoms with van der Waals surface area (Å²) in [5.41, 5.74) is 0.750. The molecule has 0 saturated carbocycles. The summed E-state index contributed by atoms with van der Waals surface area (Å²) in [6.07, 6.45) is 1.16. The quantitative estimate of drug-likeness (QED) is 0.600. The molecule has 3 rings (SSSR count). The molecule has 2 heterocycles. The van der Waals surface area contributed by atoms with Gasteiger partial charge in [-0.15, -0.1) is 5.92 Å². The molecule has 0 radical (unpaired) electrons. The molecule has 1 aliphatic heterocycles. The summed E-state index contributed by atoms with van der Waals surface area (Å²) in [6, 6.07) is 4.55. The third-order valence-electron chi connectivity index (χ3n) is 4.74. The van der Waals surface area contributed by atoms with Crippen molar-refractivity contribution in [2.24, 2.45) is 0 Å². The minimum absolute atomic E-state index is 0.0957. The molecule has 1 amide bonds. The smallest absolute Gasteiger partial charge is 0.238 e. The Morgan fingerprint density at radius 3 is 2.61 bits per heavy atom. The van der Waals surface area contributed by atoms with E-state index in [4.69, 9.17) is 4.74 Å². The molecule has 1 saturated heterocycles. The molecule has 144 valence electrons. The molecule has 1 aromatic heterocycles. The van der Waals surface area contributed by atoms with Gasteiger partial charge in [0, 0.05) is 30.3 Å². The van der Waals surface area contributed by atoms with Crippen molar-refractivity contribution < 1.29 is 23.1 Å². The Bertz CT molecular complexity index is 993. The van der Waals surface area contributed by atoms with Crippen LogP contribution in [-0.2, 0) is 16.0 Å². The summed E-state index contributed by atoms with van der Waals surface area (Å²) in [4.78, 5) is 31.0. The number of amides is 1. The van der Waals surface area contributed by atoms with Crippen molar-refractivity contribution in [3.05, 3.63) is 58.9 Å². The number of ketones is 1. The van der Waals surface area contributed by atoms with Gasteiger partial charge in [-0.3, -0.25) is 14.6 Å². The predicted octanol–water partition coefficient (Wildman–Crippen LogP) is 2.48. The number of pyridine rings is 1. The minimum atomic E-state index is -1.31. The zero-order chi connectivity index (χ0) is 20.4.